The Hall–Kier alpha value is -3.08. The molecule has 0 unspecified atom stereocenters. The molecule has 2 aromatic carbocycles. The van der Waals surface area contributed by atoms with Crippen LogP contribution in [0.4, 0.5) is 8.78 Å². The molecule has 118 valence electrons. The number of fused-ring (bicyclic) bond motifs is 1. The van der Waals surface area contributed by atoms with Gasteiger partial charge in [-0.1, -0.05) is 12.1 Å². The Balaban J connectivity index is 1.84. The minimum Gasteiger partial charge on any atom is -0.264 e. The zero-order chi connectivity index (χ0) is 16.7. The van der Waals surface area contributed by atoms with E-state index in [-0.39, 0.29) is 5.56 Å². The fourth-order valence-corrected chi connectivity index (χ4v) is 2.78. The second kappa shape index (κ2) is 5.53. The molecule has 0 aliphatic rings. The Morgan fingerprint density at radius 3 is 2.58 bits per heavy atom. The van der Waals surface area contributed by atoms with Crippen molar-refractivity contribution in [3.63, 3.8) is 0 Å². The molecule has 0 saturated carbocycles. The van der Waals surface area contributed by atoms with Gasteiger partial charge in [0.15, 0.2) is 11.6 Å². The third-order valence-electron chi connectivity index (χ3n) is 4.00. The van der Waals surface area contributed by atoms with Crippen LogP contribution in [0.15, 0.2) is 61.1 Å². The average molecular weight is 321 g/mol. The van der Waals surface area contributed by atoms with E-state index in [1.807, 2.05) is 30.3 Å². The third kappa shape index (κ3) is 2.34. The van der Waals surface area contributed by atoms with Crippen LogP contribution in [0, 0.1) is 18.6 Å². The highest BCUT2D eigenvalue weighted by Crippen LogP contribution is 2.26. The van der Waals surface area contributed by atoms with E-state index in [1.54, 1.807) is 29.3 Å². The van der Waals surface area contributed by atoms with Gasteiger partial charge >= 0.3 is 0 Å². The van der Waals surface area contributed by atoms with E-state index < -0.39 is 11.6 Å². The highest BCUT2D eigenvalue weighted by atomic mass is 19.2. The van der Waals surface area contributed by atoms with Crippen molar-refractivity contribution < 1.29 is 8.78 Å². The van der Waals surface area contributed by atoms with Gasteiger partial charge in [-0.2, -0.15) is 5.10 Å². The number of pyridine rings is 1. The number of hydrogen-bond acceptors (Lipinski definition) is 2. The van der Waals surface area contributed by atoms with Crippen molar-refractivity contribution in [3.8, 4) is 16.8 Å². The first-order valence-electron chi connectivity index (χ1n) is 7.48. The molecule has 0 N–H and O–H groups in total. The smallest absolute Gasteiger partial charge is 0.161 e. The van der Waals surface area contributed by atoms with Gasteiger partial charge in [-0.25, -0.2) is 13.5 Å². The van der Waals surface area contributed by atoms with E-state index in [2.05, 4.69) is 10.1 Å². The van der Waals surface area contributed by atoms with Crippen molar-refractivity contribution in [2.45, 2.75) is 6.92 Å². The van der Waals surface area contributed by atoms with Gasteiger partial charge in [-0.3, -0.25) is 4.98 Å². The van der Waals surface area contributed by atoms with Crippen LogP contribution in [0.5, 0.6) is 0 Å². The van der Waals surface area contributed by atoms with E-state index >= 15 is 0 Å². The molecule has 0 fully saturated rings. The first-order chi connectivity index (χ1) is 11.6. The molecule has 0 radical (unpaired) electrons. The summed E-state index contributed by atoms with van der Waals surface area (Å²) >= 11 is 0. The zero-order valence-electron chi connectivity index (χ0n) is 12.9. The van der Waals surface area contributed by atoms with Crippen molar-refractivity contribution in [2.24, 2.45) is 0 Å². The third-order valence-corrected chi connectivity index (χ3v) is 4.00. The van der Waals surface area contributed by atoms with Crippen LogP contribution in [0.3, 0.4) is 0 Å². The van der Waals surface area contributed by atoms with Crippen molar-refractivity contribution in [2.75, 3.05) is 0 Å². The largest absolute Gasteiger partial charge is 0.264 e. The predicted molar refractivity (Wildman–Crippen MR) is 89.0 cm³/mol. The summed E-state index contributed by atoms with van der Waals surface area (Å²) in [5, 5.41) is 5.24. The standard InChI is InChI=1S/C19H13F2N3/c1-12-7-16(9-17(20)19(12)21)24-18-5-4-13(8-15(18)11-23-24)14-3-2-6-22-10-14/h2-11H,1H3. The van der Waals surface area contributed by atoms with E-state index in [9.17, 15) is 8.78 Å². The molecular formula is C19H13F2N3. The Labute approximate surface area is 137 Å². The van der Waals surface area contributed by atoms with Gasteiger partial charge in [0.05, 0.1) is 17.4 Å². The zero-order valence-corrected chi connectivity index (χ0v) is 12.9. The molecule has 4 rings (SSSR count). The van der Waals surface area contributed by atoms with Crippen molar-refractivity contribution in [3.05, 3.63) is 78.3 Å². The summed E-state index contributed by atoms with van der Waals surface area (Å²) in [7, 11) is 0. The predicted octanol–water partition coefficient (Wildman–Crippen LogP) is 4.67. The molecule has 24 heavy (non-hydrogen) atoms. The van der Waals surface area contributed by atoms with E-state index in [0.717, 1.165) is 28.1 Å². The molecule has 2 heterocycles. The SMILES string of the molecule is Cc1cc(-n2ncc3cc(-c4cccnc4)ccc32)cc(F)c1F. The normalized spacial score (nSPS) is 11.1. The Morgan fingerprint density at radius 2 is 1.83 bits per heavy atom. The second-order valence-electron chi connectivity index (χ2n) is 5.63. The lowest BCUT2D eigenvalue weighted by Gasteiger charge is -2.07. The quantitative estimate of drug-likeness (QED) is 0.537. The van der Waals surface area contributed by atoms with Gasteiger partial charge in [0.25, 0.3) is 0 Å². The van der Waals surface area contributed by atoms with E-state index in [4.69, 9.17) is 0 Å². The van der Waals surface area contributed by atoms with Gasteiger partial charge in [-0.05, 0) is 42.3 Å². The number of rotatable bonds is 2. The van der Waals surface area contributed by atoms with Crippen molar-refractivity contribution >= 4 is 10.9 Å². The molecule has 0 amide bonds. The summed E-state index contributed by atoms with van der Waals surface area (Å²) in [5.74, 6) is -1.70. The molecule has 0 spiro atoms. The van der Waals surface area contributed by atoms with Crippen LogP contribution in [-0.4, -0.2) is 14.8 Å². The summed E-state index contributed by atoms with van der Waals surface area (Å²) in [5.41, 5.74) is 3.61. The maximum atomic E-state index is 13.7. The van der Waals surface area contributed by atoms with Crippen LogP contribution in [0.1, 0.15) is 5.56 Å². The van der Waals surface area contributed by atoms with Gasteiger partial charge in [0, 0.05) is 29.4 Å². The van der Waals surface area contributed by atoms with Gasteiger partial charge in [0.1, 0.15) is 0 Å². The number of nitrogens with zero attached hydrogens (tertiary/aromatic N) is 3. The number of halogens is 2. The van der Waals surface area contributed by atoms with Gasteiger partial charge in [0.2, 0.25) is 0 Å². The van der Waals surface area contributed by atoms with Crippen LogP contribution in [0.2, 0.25) is 0 Å². The van der Waals surface area contributed by atoms with E-state index in [1.165, 1.54) is 6.92 Å². The number of aryl methyl sites for hydroxylation is 1. The highest BCUT2D eigenvalue weighted by Gasteiger charge is 2.12. The van der Waals surface area contributed by atoms with Gasteiger partial charge < -0.3 is 0 Å². The minimum absolute atomic E-state index is 0.251. The molecular weight excluding hydrogens is 308 g/mol. The Kier molecular flexibility index (Phi) is 3.34. The maximum Gasteiger partial charge on any atom is 0.161 e. The fourth-order valence-electron chi connectivity index (χ4n) is 2.78. The van der Waals surface area contributed by atoms with Crippen LogP contribution < -0.4 is 0 Å². The molecule has 5 heteroatoms. The minimum atomic E-state index is -0.874. The fraction of sp³-hybridized carbons (Fsp3) is 0.0526. The first kappa shape index (κ1) is 14.5. The van der Waals surface area contributed by atoms with Crippen LogP contribution in [0.25, 0.3) is 27.7 Å². The molecule has 0 saturated heterocycles. The van der Waals surface area contributed by atoms with Crippen LogP contribution >= 0.6 is 0 Å². The topological polar surface area (TPSA) is 30.7 Å². The number of hydrogen-bond donors (Lipinski definition) is 0. The summed E-state index contributed by atoms with van der Waals surface area (Å²) in [6.45, 7) is 1.54. The maximum absolute atomic E-state index is 13.7. The second-order valence-corrected chi connectivity index (χ2v) is 5.63. The molecule has 0 atom stereocenters. The van der Waals surface area contributed by atoms with Crippen molar-refractivity contribution in [1.29, 1.82) is 0 Å². The van der Waals surface area contributed by atoms with E-state index in [0.29, 0.717) is 5.69 Å². The molecule has 0 aliphatic carbocycles. The van der Waals surface area contributed by atoms with Crippen LogP contribution in [-0.2, 0) is 0 Å². The molecule has 2 aromatic heterocycles. The molecule has 4 aromatic rings. The number of aromatic nitrogens is 3. The summed E-state index contributed by atoms with van der Waals surface area (Å²) in [6.07, 6.45) is 5.24. The monoisotopic (exact) mass is 321 g/mol. The summed E-state index contributed by atoms with van der Waals surface area (Å²) in [6, 6.07) is 12.5. The Bertz CT molecular complexity index is 1020. The first-order valence-corrected chi connectivity index (χ1v) is 7.48. The Morgan fingerprint density at radius 1 is 0.958 bits per heavy atom. The summed E-state index contributed by atoms with van der Waals surface area (Å²) < 4.78 is 28.8. The molecule has 0 bridgehead atoms. The summed E-state index contributed by atoms with van der Waals surface area (Å²) in [4.78, 5) is 4.12. The highest BCUT2D eigenvalue weighted by molar-refractivity contribution is 5.85. The lowest BCUT2D eigenvalue weighted by Crippen LogP contribution is -2.00. The lowest BCUT2D eigenvalue weighted by atomic mass is 10.1. The van der Waals surface area contributed by atoms with Crippen molar-refractivity contribution in [1.82, 2.24) is 14.8 Å². The molecule has 3 nitrogen and oxygen atoms in total. The molecule has 0 aliphatic heterocycles. The lowest BCUT2D eigenvalue weighted by molar-refractivity contribution is 0.502. The van der Waals surface area contributed by atoms with Gasteiger partial charge in [-0.15, -0.1) is 0 Å². The average Bonchev–Trinajstić information content (AvgIpc) is 3.03. The number of benzene rings is 2.